The number of rotatable bonds is 10. The lowest BCUT2D eigenvalue weighted by atomic mass is 9.88. The smallest absolute Gasteiger partial charge is 0.307 e. The highest BCUT2D eigenvalue weighted by Crippen LogP contribution is 2.38. The van der Waals surface area contributed by atoms with Crippen molar-refractivity contribution in [3.8, 4) is 22.8 Å². The van der Waals surface area contributed by atoms with E-state index in [4.69, 9.17) is 36.9 Å². The zero-order valence-electron chi connectivity index (χ0n) is 23.8. The third-order valence-corrected chi connectivity index (χ3v) is 8.18. The summed E-state index contributed by atoms with van der Waals surface area (Å²) in [6.45, 7) is 5.33. The molecule has 10 heteroatoms. The summed E-state index contributed by atoms with van der Waals surface area (Å²) < 4.78 is 12.0. The van der Waals surface area contributed by atoms with Crippen molar-refractivity contribution in [2.24, 2.45) is 0 Å². The Kier molecular flexibility index (Phi) is 8.62. The number of halogens is 1. The minimum Gasteiger partial charge on any atom is -0.492 e. The number of hydrogen-bond donors (Lipinski definition) is 2. The van der Waals surface area contributed by atoms with Gasteiger partial charge in [0, 0.05) is 48.9 Å². The van der Waals surface area contributed by atoms with Crippen molar-refractivity contribution in [3.63, 3.8) is 0 Å². The Balaban J connectivity index is 1.06. The van der Waals surface area contributed by atoms with Crippen LogP contribution in [0.4, 0.5) is 11.8 Å². The fraction of sp³-hybridized carbons (Fsp3) is 0.303. The fourth-order valence-corrected chi connectivity index (χ4v) is 5.79. The molecule has 0 bridgehead atoms. The quantitative estimate of drug-likeness (QED) is 0.263. The summed E-state index contributed by atoms with van der Waals surface area (Å²) in [6.07, 6.45) is 1.74. The van der Waals surface area contributed by atoms with Gasteiger partial charge in [0.25, 0.3) is 0 Å². The number of piperazine rings is 1. The van der Waals surface area contributed by atoms with Gasteiger partial charge in [0.2, 0.25) is 5.95 Å². The second-order valence-electron chi connectivity index (χ2n) is 10.9. The number of fused-ring (bicyclic) bond motifs is 3. The van der Waals surface area contributed by atoms with Gasteiger partial charge in [-0.3, -0.25) is 9.69 Å². The Labute approximate surface area is 255 Å². The molecule has 1 aliphatic heterocycles. The molecule has 1 aromatic heterocycles. The van der Waals surface area contributed by atoms with E-state index in [9.17, 15) is 4.79 Å². The zero-order chi connectivity index (χ0) is 29.8. The molecule has 0 atom stereocenters. The molecule has 6 rings (SSSR count). The Hall–Kier alpha value is -4.34. The third-order valence-electron chi connectivity index (χ3n) is 7.92. The molecule has 0 radical (unpaired) electrons. The van der Waals surface area contributed by atoms with Crippen LogP contribution in [0.2, 0.25) is 5.02 Å². The summed E-state index contributed by atoms with van der Waals surface area (Å²) >= 11 is 6.00. The van der Waals surface area contributed by atoms with Crippen LogP contribution in [0.25, 0.3) is 11.3 Å². The molecular formula is C33H34ClN5O4. The summed E-state index contributed by atoms with van der Waals surface area (Å²) in [5.74, 6) is 1.96. The van der Waals surface area contributed by atoms with Crippen LogP contribution in [0.3, 0.4) is 0 Å². The van der Waals surface area contributed by atoms with E-state index in [1.165, 1.54) is 5.56 Å². The second-order valence-corrected chi connectivity index (χ2v) is 11.3. The minimum absolute atomic E-state index is 0.0139. The van der Waals surface area contributed by atoms with E-state index in [0.29, 0.717) is 18.2 Å². The number of nitrogens with two attached hydrogens (primary N) is 1. The fourth-order valence-electron chi connectivity index (χ4n) is 5.66. The van der Waals surface area contributed by atoms with Gasteiger partial charge in [-0.1, -0.05) is 35.9 Å². The van der Waals surface area contributed by atoms with Crippen molar-refractivity contribution in [1.29, 1.82) is 0 Å². The number of ether oxygens (including phenoxy) is 2. The van der Waals surface area contributed by atoms with E-state index in [-0.39, 0.29) is 12.4 Å². The maximum absolute atomic E-state index is 10.9. The van der Waals surface area contributed by atoms with Gasteiger partial charge in [0.15, 0.2) is 0 Å². The first kappa shape index (κ1) is 28.8. The molecule has 3 N–H and O–H groups in total. The third kappa shape index (κ3) is 7.01. The Morgan fingerprint density at radius 1 is 0.884 bits per heavy atom. The van der Waals surface area contributed by atoms with Gasteiger partial charge in [-0.25, -0.2) is 4.98 Å². The number of benzene rings is 3. The van der Waals surface area contributed by atoms with Crippen molar-refractivity contribution in [2.45, 2.75) is 25.9 Å². The number of carboxylic acids is 1. The van der Waals surface area contributed by atoms with E-state index in [0.717, 1.165) is 90.8 Å². The summed E-state index contributed by atoms with van der Waals surface area (Å²) in [5.41, 5.74) is 12.4. The lowest BCUT2D eigenvalue weighted by Gasteiger charge is -2.37. The normalized spacial score (nSPS) is 14.6. The summed E-state index contributed by atoms with van der Waals surface area (Å²) in [4.78, 5) is 24.9. The van der Waals surface area contributed by atoms with Crippen molar-refractivity contribution >= 4 is 29.3 Å². The Morgan fingerprint density at radius 3 is 2.35 bits per heavy atom. The first-order valence-corrected chi connectivity index (χ1v) is 14.9. The molecule has 1 aliphatic carbocycles. The number of carboxylic acid groups (broad SMARTS) is 1. The monoisotopic (exact) mass is 599 g/mol. The van der Waals surface area contributed by atoms with Crippen LogP contribution < -0.4 is 20.1 Å². The SMILES string of the molecule is Nc1nc2c(c(N3CCN(CCOc4ccc(CC(=O)O)cc4)CC3)n1)CCc1cc(OCc3ccc(Cl)cc3)ccc1-2. The van der Waals surface area contributed by atoms with Gasteiger partial charge in [-0.15, -0.1) is 0 Å². The average molecular weight is 600 g/mol. The van der Waals surface area contributed by atoms with E-state index in [2.05, 4.69) is 26.9 Å². The topological polar surface area (TPSA) is 114 Å². The molecule has 43 heavy (non-hydrogen) atoms. The van der Waals surface area contributed by atoms with Gasteiger partial charge in [-0.2, -0.15) is 4.98 Å². The van der Waals surface area contributed by atoms with Gasteiger partial charge >= 0.3 is 5.97 Å². The lowest BCUT2D eigenvalue weighted by molar-refractivity contribution is -0.136. The summed E-state index contributed by atoms with van der Waals surface area (Å²) in [7, 11) is 0. The maximum atomic E-state index is 10.9. The predicted octanol–water partition coefficient (Wildman–Crippen LogP) is 4.88. The molecule has 0 unspecified atom stereocenters. The van der Waals surface area contributed by atoms with E-state index in [1.807, 2.05) is 42.5 Å². The van der Waals surface area contributed by atoms with Crippen molar-refractivity contribution < 1.29 is 19.4 Å². The minimum atomic E-state index is -0.839. The van der Waals surface area contributed by atoms with Crippen LogP contribution in [-0.4, -0.2) is 65.3 Å². The Bertz CT molecular complexity index is 1590. The van der Waals surface area contributed by atoms with Crippen LogP contribution in [0.15, 0.2) is 66.7 Å². The van der Waals surface area contributed by atoms with Crippen LogP contribution in [0.1, 0.15) is 22.3 Å². The number of nitrogens with zero attached hydrogens (tertiary/aromatic N) is 4. The van der Waals surface area contributed by atoms with Crippen LogP contribution in [0.5, 0.6) is 11.5 Å². The number of aryl methyl sites for hydroxylation is 1. The molecule has 9 nitrogen and oxygen atoms in total. The van der Waals surface area contributed by atoms with Crippen molar-refractivity contribution in [2.75, 3.05) is 50.0 Å². The maximum Gasteiger partial charge on any atom is 0.307 e. The molecular weight excluding hydrogens is 566 g/mol. The predicted molar refractivity (Wildman–Crippen MR) is 167 cm³/mol. The van der Waals surface area contributed by atoms with Gasteiger partial charge in [0.1, 0.15) is 30.5 Å². The van der Waals surface area contributed by atoms with Gasteiger partial charge in [0.05, 0.1) is 12.1 Å². The lowest BCUT2D eigenvalue weighted by Crippen LogP contribution is -2.48. The van der Waals surface area contributed by atoms with Gasteiger partial charge < -0.3 is 25.2 Å². The molecule has 0 saturated carbocycles. The van der Waals surface area contributed by atoms with Gasteiger partial charge in [-0.05, 0) is 72.0 Å². The highest BCUT2D eigenvalue weighted by Gasteiger charge is 2.27. The van der Waals surface area contributed by atoms with E-state index in [1.54, 1.807) is 12.1 Å². The molecule has 2 heterocycles. The van der Waals surface area contributed by atoms with E-state index < -0.39 is 5.97 Å². The molecule has 0 spiro atoms. The molecule has 222 valence electrons. The molecule has 0 amide bonds. The highest BCUT2D eigenvalue weighted by molar-refractivity contribution is 6.30. The molecule has 1 fully saturated rings. The van der Waals surface area contributed by atoms with Crippen LogP contribution in [-0.2, 0) is 30.7 Å². The largest absolute Gasteiger partial charge is 0.492 e. The first-order valence-electron chi connectivity index (χ1n) is 14.5. The number of carbonyl (C=O) groups is 1. The standard InChI is InChI=1S/C33H34ClN5O4/c34-25-6-1-23(2-7-25)21-43-27-10-12-28-24(20-27)5-11-29-31(28)36-33(35)37-32(29)39-15-13-38(14-16-39)17-18-42-26-8-3-22(4-9-26)19-30(40)41/h1-4,6-10,12,20H,5,11,13-19,21H2,(H,40,41)(H2,35,36,37). The Morgan fingerprint density at radius 2 is 1.60 bits per heavy atom. The summed E-state index contributed by atoms with van der Waals surface area (Å²) in [5, 5.41) is 9.64. The second kappa shape index (κ2) is 12.9. The number of aliphatic carboxylic acids is 1. The average Bonchev–Trinajstić information content (AvgIpc) is 3.01. The molecule has 3 aromatic carbocycles. The van der Waals surface area contributed by atoms with Crippen molar-refractivity contribution in [1.82, 2.24) is 14.9 Å². The zero-order valence-corrected chi connectivity index (χ0v) is 24.6. The molecule has 1 saturated heterocycles. The first-order chi connectivity index (χ1) is 20.9. The number of aromatic nitrogens is 2. The van der Waals surface area contributed by atoms with Crippen LogP contribution >= 0.6 is 11.6 Å². The number of anilines is 2. The molecule has 4 aromatic rings. The van der Waals surface area contributed by atoms with Crippen molar-refractivity contribution in [3.05, 3.63) is 94.0 Å². The number of hydrogen-bond acceptors (Lipinski definition) is 8. The summed E-state index contributed by atoms with van der Waals surface area (Å²) in [6, 6.07) is 21.1. The highest BCUT2D eigenvalue weighted by atomic mass is 35.5. The molecule has 2 aliphatic rings. The number of nitrogen functional groups attached to an aromatic ring is 1. The van der Waals surface area contributed by atoms with Crippen LogP contribution in [0, 0.1) is 0 Å². The van der Waals surface area contributed by atoms with E-state index >= 15 is 0 Å².